The van der Waals surface area contributed by atoms with E-state index in [1.807, 2.05) is 0 Å². The van der Waals surface area contributed by atoms with Crippen LogP contribution in [0.15, 0.2) is 12.2 Å². The quantitative estimate of drug-likeness (QED) is 0.168. The van der Waals surface area contributed by atoms with Crippen molar-refractivity contribution in [3.63, 3.8) is 0 Å². The van der Waals surface area contributed by atoms with Crippen LogP contribution in [0.5, 0.6) is 0 Å². The first kappa shape index (κ1) is 23.8. The first-order valence-electron chi connectivity index (χ1n) is 12.5. The lowest BCUT2D eigenvalue weighted by molar-refractivity contribution is 0.199. The lowest BCUT2D eigenvalue weighted by Gasteiger charge is -2.35. The lowest BCUT2D eigenvalue weighted by Crippen LogP contribution is -2.22. The fraction of sp³-hybridized carbons (Fsp3) is 0.923. The van der Waals surface area contributed by atoms with E-state index < -0.39 is 0 Å². The Balaban J connectivity index is 2.10. The van der Waals surface area contributed by atoms with Crippen LogP contribution in [-0.2, 0) is 0 Å². The van der Waals surface area contributed by atoms with Gasteiger partial charge in [-0.25, -0.2) is 0 Å². The Labute approximate surface area is 166 Å². The molecule has 0 aromatic heterocycles. The molecule has 0 saturated heterocycles. The van der Waals surface area contributed by atoms with E-state index in [1.54, 1.807) is 0 Å². The fourth-order valence-corrected chi connectivity index (χ4v) is 4.79. The zero-order chi connectivity index (χ0) is 18.8. The summed E-state index contributed by atoms with van der Waals surface area (Å²) in [4.78, 5) is 0. The van der Waals surface area contributed by atoms with E-state index in [9.17, 15) is 0 Å². The summed E-state index contributed by atoms with van der Waals surface area (Å²) in [6.45, 7) is 4.62. The van der Waals surface area contributed by atoms with E-state index in [0.29, 0.717) is 5.41 Å². The number of hydrogen-bond donors (Lipinski definition) is 0. The Morgan fingerprint density at radius 3 is 1.35 bits per heavy atom. The van der Waals surface area contributed by atoms with Gasteiger partial charge in [0.05, 0.1) is 0 Å². The maximum Gasteiger partial charge on any atom is -0.0260 e. The normalized spacial score (nSPS) is 16.2. The molecule has 0 bridgehead atoms. The molecule has 26 heavy (non-hydrogen) atoms. The minimum Gasteiger partial charge on any atom is -0.0885 e. The van der Waals surface area contributed by atoms with E-state index in [1.165, 1.54) is 135 Å². The van der Waals surface area contributed by atoms with Crippen LogP contribution in [0.4, 0.5) is 0 Å². The third-order valence-corrected chi connectivity index (χ3v) is 6.68. The highest BCUT2D eigenvalue weighted by molar-refractivity contribution is 4.97. The molecule has 0 aliphatic heterocycles. The van der Waals surface area contributed by atoms with Gasteiger partial charge in [0.2, 0.25) is 0 Å². The van der Waals surface area contributed by atoms with Gasteiger partial charge in [0.15, 0.2) is 0 Å². The van der Waals surface area contributed by atoms with E-state index in [4.69, 9.17) is 0 Å². The topological polar surface area (TPSA) is 0 Å². The summed E-state index contributed by atoms with van der Waals surface area (Å²) in [6.07, 6.45) is 35.5. The Bertz CT molecular complexity index is 294. The summed E-state index contributed by atoms with van der Waals surface area (Å²) in [7, 11) is 0. The summed E-state index contributed by atoms with van der Waals surface area (Å²) in [5, 5.41) is 0. The molecule has 154 valence electrons. The van der Waals surface area contributed by atoms with Crippen molar-refractivity contribution in [2.75, 3.05) is 0 Å². The van der Waals surface area contributed by atoms with E-state index >= 15 is 0 Å². The Hall–Kier alpha value is -0.260. The van der Waals surface area contributed by atoms with Gasteiger partial charge < -0.3 is 0 Å². The van der Waals surface area contributed by atoms with Gasteiger partial charge in [-0.15, -0.1) is 0 Å². The Morgan fingerprint density at radius 1 is 0.538 bits per heavy atom. The molecule has 0 heteroatoms. The molecule has 1 aliphatic rings. The third-order valence-electron chi connectivity index (χ3n) is 6.68. The molecule has 0 atom stereocenters. The van der Waals surface area contributed by atoms with E-state index in [0.717, 1.165) is 0 Å². The predicted octanol–water partition coefficient (Wildman–Crippen LogP) is 9.77. The molecule has 1 aliphatic carbocycles. The predicted molar refractivity (Wildman–Crippen MR) is 120 cm³/mol. The highest BCUT2D eigenvalue weighted by atomic mass is 14.3. The number of rotatable bonds is 18. The molecule has 0 spiro atoms. The first-order chi connectivity index (χ1) is 12.8. The number of unbranched alkanes of at least 4 members (excludes halogenated alkanes) is 14. The lowest BCUT2D eigenvalue weighted by atomic mass is 9.70. The minimum atomic E-state index is 0.680. The monoisotopic (exact) mass is 362 g/mol. The summed E-state index contributed by atoms with van der Waals surface area (Å²) in [5.74, 6) is 0. The van der Waals surface area contributed by atoms with Gasteiger partial charge in [-0.05, 0) is 37.5 Å². The molecule has 0 N–H and O–H groups in total. The van der Waals surface area contributed by atoms with Crippen LogP contribution in [0.2, 0.25) is 0 Å². The Morgan fingerprint density at radius 2 is 0.962 bits per heavy atom. The summed E-state index contributed by atoms with van der Waals surface area (Å²) < 4.78 is 0. The van der Waals surface area contributed by atoms with Crippen LogP contribution in [-0.4, -0.2) is 0 Å². The molecule has 1 rings (SSSR count). The molecule has 0 unspecified atom stereocenters. The van der Waals surface area contributed by atoms with Gasteiger partial charge in [-0.3, -0.25) is 0 Å². The molecular weight excluding hydrogens is 312 g/mol. The van der Waals surface area contributed by atoms with Gasteiger partial charge in [0.25, 0.3) is 0 Å². The van der Waals surface area contributed by atoms with Gasteiger partial charge in [0, 0.05) is 0 Å². The van der Waals surface area contributed by atoms with Crippen molar-refractivity contribution in [1.29, 1.82) is 0 Å². The van der Waals surface area contributed by atoms with Gasteiger partial charge in [0.1, 0.15) is 0 Å². The van der Waals surface area contributed by atoms with Crippen LogP contribution in [0.3, 0.4) is 0 Å². The second-order valence-electron chi connectivity index (χ2n) is 9.16. The average Bonchev–Trinajstić information content (AvgIpc) is 2.67. The molecule has 0 heterocycles. The zero-order valence-electron chi connectivity index (χ0n) is 18.5. The first-order valence-corrected chi connectivity index (χ1v) is 12.5. The number of allylic oxidation sites excluding steroid dienone is 2. The maximum absolute atomic E-state index is 2.50. The van der Waals surface area contributed by atoms with Crippen LogP contribution in [0.25, 0.3) is 0 Å². The molecule has 0 amide bonds. The summed E-state index contributed by atoms with van der Waals surface area (Å²) >= 11 is 0. The average molecular weight is 363 g/mol. The molecular formula is C26H50. The fourth-order valence-electron chi connectivity index (χ4n) is 4.79. The van der Waals surface area contributed by atoms with Gasteiger partial charge in [-0.1, -0.05) is 129 Å². The van der Waals surface area contributed by atoms with Crippen molar-refractivity contribution in [3.05, 3.63) is 12.2 Å². The van der Waals surface area contributed by atoms with Gasteiger partial charge >= 0.3 is 0 Å². The second-order valence-corrected chi connectivity index (χ2v) is 9.16. The Kier molecular flexibility index (Phi) is 15.4. The molecule has 0 fully saturated rings. The van der Waals surface area contributed by atoms with E-state index in [2.05, 4.69) is 26.0 Å². The zero-order valence-corrected chi connectivity index (χ0v) is 18.5. The molecule has 0 aromatic rings. The van der Waals surface area contributed by atoms with Crippen molar-refractivity contribution < 1.29 is 0 Å². The minimum absolute atomic E-state index is 0.680. The van der Waals surface area contributed by atoms with E-state index in [-0.39, 0.29) is 0 Å². The second kappa shape index (κ2) is 16.9. The molecule has 0 saturated carbocycles. The standard InChI is InChI=1S/C26H50/c1-3-5-7-9-11-13-15-18-22-26(24-20-17-21-25-26)23-19-16-14-12-10-8-6-4-2/h17,20H,3-16,18-19,21-25H2,1-2H3. The molecule has 0 aromatic carbocycles. The van der Waals surface area contributed by atoms with Crippen molar-refractivity contribution in [3.8, 4) is 0 Å². The van der Waals surface area contributed by atoms with Crippen molar-refractivity contribution in [2.24, 2.45) is 5.41 Å². The highest BCUT2D eigenvalue weighted by Crippen LogP contribution is 2.42. The van der Waals surface area contributed by atoms with Crippen LogP contribution in [0.1, 0.15) is 149 Å². The number of hydrogen-bond acceptors (Lipinski definition) is 0. The smallest absolute Gasteiger partial charge is 0.0260 e. The SMILES string of the molecule is CCCCCCCCCCC1(CCCCCCCCCC)CC=CCC1. The largest absolute Gasteiger partial charge is 0.0885 e. The maximum atomic E-state index is 2.50. The van der Waals surface area contributed by atoms with Crippen LogP contribution in [0, 0.1) is 5.41 Å². The third kappa shape index (κ3) is 12.2. The van der Waals surface area contributed by atoms with Crippen LogP contribution < -0.4 is 0 Å². The van der Waals surface area contributed by atoms with Crippen molar-refractivity contribution in [2.45, 2.75) is 149 Å². The van der Waals surface area contributed by atoms with Gasteiger partial charge in [-0.2, -0.15) is 0 Å². The highest BCUT2D eigenvalue weighted by Gasteiger charge is 2.28. The molecule has 0 radical (unpaired) electrons. The summed E-state index contributed by atoms with van der Waals surface area (Å²) in [6, 6.07) is 0. The molecule has 0 nitrogen and oxygen atoms in total. The summed E-state index contributed by atoms with van der Waals surface area (Å²) in [5.41, 5.74) is 0.680. The van der Waals surface area contributed by atoms with Crippen LogP contribution >= 0.6 is 0 Å². The van der Waals surface area contributed by atoms with Crippen molar-refractivity contribution >= 4 is 0 Å². The van der Waals surface area contributed by atoms with Crippen molar-refractivity contribution in [1.82, 2.24) is 0 Å².